The first kappa shape index (κ1) is 18.2. The van der Waals surface area contributed by atoms with Crippen LogP contribution in [-0.4, -0.2) is 30.5 Å². The molecule has 0 unspecified atom stereocenters. The number of sulfonamides is 1. The van der Waals surface area contributed by atoms with Crippen molar-refractivity contribution in [1.82, 2.24) is 14.3 Å². The lowest BCUT2D eigenvalue weighted by molar-refractivity contribution is 0.102. The Morgan fingerprint density at radius 3 is 2.35 bits per heavy atom. The SMILES string of the molecule is CCNS(=O)(=O)c1ccc(C(=O)Nc2ccc(-c3csnn3)cc2)cc1. The van der Waals surface area contributed by atoms with Gasteiger partial charge in [-0.1, -0.05) is 23.5 Å². The summed E-state index contributed by atoms with van der Waals surface area (Å²) in [6, 6.07) is 13.0. The van der Waals surface area contributed by atoms with Gasteiger partial charge in [0.25, 0.3) is 5.91 Å². The molecule has 0 saturated heterocycles. The summed E-state index contributed by atoms with van der Waals surface area (Å²) in [4.78, 5) is 12.4. The van der Waals surface area contributed by atoms with Crippen LogP contribution in [0.2, 0.25) is 0 Å². The van der Waals surface area contributed by atoms with E-state index < -0.39 is 10.0 Å². The van der Waals surface area contributed by atoms with Gasteiger partial charge in [-0.25, -0.2) is 13.1 Å². The molecule has 0 fully saturated rings. The molecule has 0 spiro atoms. The number of nitrogens with one attached hydrogen (secondary N) is 2. The number of amides is 1. The van der Waals surface area contributed by atoms with Crippen LogP contribution in [0, 0.1) is 0 Å². The molecule has 1 heterocycles. The van der Waals surface area contributed by atoms with Crippen molar-refractivity contribution in [3.05, 3.63) is 59.5 Å². The fourth-order valence-electron chi connectivity index (χ4n) is 2.28. The summed E-state index contributed by atoms with van der Waals surface area (Å²) in [5.41, 5.74) is 2.69. The van der Waals surface area contributed by atoms with Crippen LogP contribution in [0.15, 0.2) is 58.8 Å². The van der Waals surface area contributed by atoms with Crippen molar-refractivity contribution in [3.63, 3.8) is 0 Å². The normalized spacial score (nSPS) is 11.3. The molecular weight excluding hydrogens is 372 g/mol. The van der Waals surface area contributed by atoms with Crippen molar-refractivity contribution in [2.75, 3.05) is 11.9 Å². The topological polar surface area (TPSA) is 101 Å². The zero-order chi connectivity index (χ0) is 18.6. The van der Waals surface area contributed by atoms with Crippen LogP contribution in [0.25, 0.3) is 11.3 Å². The fourth-order valence-corrected chi connectivity index (χ4v) is 3.78. The van der Waals surface area contributed by atoms with Crippen LogP contribution in [0.3, 0.4) is 0 Å². The van der Waals surface area contributed by atoms with Crippen molar-refractivity contribution < 1.29 is 13.2 Å². The van der Waals surface area contributed by atoms with Crippen molar-refractivity contribution in [1.29, 1.82) is 0 Å². The number of anilines is 1. The standard InChI is InChI=1S/C17H16N4O3S2/c1-2-18-26(23,24)15-9-5-13(6-10-15)17(22)19-14-7-3-12(4-8-14)16-11-25-21-20-16/h3-11,18H,2H2,1H3,(H,19,22). The lowest BCUT2D eigenvalue weighted by Gasteiger charge is -2.08. The maximum atomic E-state index is 12.3. The highest BCUT2D eigenvalue weighted by Crippen LogP contribution is 2.20. The molecule has 1 aromatic heterocycles. The average Bonchev–Trinajstić information content (AvgIpc) is 3.17. The largest absolute Gasteiger partial charge is 0.322 e. The van der Waals surface area contributed by atoms with E-state index in [-0.39, 0.29) is 10.8 Å². The quantitative estimate of drug-likeness (QED) is 0.676. The van der Waals surface area contributed by atoms with E-state index in [1.165, 1.54) is 35.8 Å². The minimum Gasteiger partial charge on any atom is -0.322 e. The monoisotopic (exact) mass is 388 g/mol. The Morgan fingerprint density at radius 2 is 1.77 bits per heavy atom. The van der Waals surface area contributed by atoms with Gasteiger partial charge in [-0.2, -0.15) is 0 Å². The molecule has 0 saturated carbocycles. The van der Waals surface area contributed by atoms with Gasteiger partial charge < -0.3 is 5.32 Å². The molecule has 0 aliphatic carbocycles. The van der Waals surface area contributed by atoms with Gasteiger partial charge in [0, 0.05) is 28.7 Å². The van der Waals surface area contributed by atoms with Crippen LogP contribution in [0.5, 0.6) is 0 Å². The summed E-state index contributed by atoms with van der Waals surface area (Å²) in [6.45, 7) is 2.01. The van der Waals surface area contributed by atoms with Crippen LogP contribution in [0.1, 0.15) is 17.3 Å². The predicted octanol–water partition coefficient (Wildman–Crippen LogP) is 2.76. The van der Waals surface area contributed by atoms with E-state index in [4.69, 9.17) is 0 Å². The van der Waals surface area contributed by atoms with Crippen molar-refractivity contribution >= 4 is 33.2 Å². The Hall–Kier alpha value is -2.62. The van der Waals surface area contributed by atoms with E-state index in [9.17, 15) is 13.2 Å². The molecule has 3 rings (SSSR count). The summed E-state index contributed by atoms with van der Waals surface area (Å²) < 4.78 is 30.1. The van der Waals surface area contributed by atoms with Gasteiger partial charge in [0.15, 0.2) is 0 Å². The molecule has 26 heavy (non-hydrogen) atoms. The Labute approximate surface area is 155 Å². The predicted molar refractivity (Wildman–Crippen MR) is 101 cm³/mol. The number of rotatable bonds is 6. The van der Waals surface area contributed by atoms with E-state index in [0.29, 0.717) is 17.8 Å². The molecule has 0 bridgehead atoms. The third-order valence-electron chi connectivity index (χ3n) is 3.56. The number of benzene rings is 2. The Bertz CT molecular complexity index is 984. The summed E-state index contributed by atoms with van der Waals surface area (Å²) in [5, 5.41) is 8.61. The number of carbonyl (C=O) groups is 1. The summed E-state index contributed by atoms with van der Waals surface area (Å²) in [6.07, 6.45) is 0. The molecule has 3 aromatic rings. The molecule has 2 N–H and O–H groups in total. The molecule has 0 aliphatic heterocycles. The molecule has 0 radical (unpaired) electrons. The Morgan fingerprint density at radius 1 is 1.08 bits per heavy atom. The highest BCUT2D eigenvalue weighted by atomic mass is 32.2. The first-order valence-corrected chi connectivity index (χ1v) is 10.1. The Balaban J connectivity index is 1.70. The van der Waals surface area contributed by atoms with Crippen molar-refractivity contribution in [2.24, 2.45) is 0 Å². The summed E-state index contributed by atoms with van der Waals surface area (Å²) >= 11 is 1.27. The second-order valence-corrected chi connectivity index (χ2v) is 7.72. The average molecular weight is 388 g/mol. The number of hydrogen-bond donors (Lipinski definition) is 2. The minimum absolute atomic E-state index is 0.122. The van der Waals surface area contributed by atoms with Crippen LogP contribution in [0.4, 0.5) is 5.69 Å². The highest BCUT2D eigenvalue weighted by molar-refractivity contribution is 7.89. The van der Waals surface area contributed by atoms with Gasteiger partial charge in [0.2, 0.25) is 10.0 Å². The molecule has 2 aromatic carbocycles. The highest BCUT2D eigenvalue weighted by Gasteiger charge is 2.14. The van der Waals surface area contributed by atoms with E-state index in [1.54, 1.807) is 19.1 Å². The number of carbonyl (C=O) groups excluding carboxylic acids is 1. The van der Waals surface area contributed by atoms with Gasteiger partial charge in [-0.3, -0.25) is 4.79 Å². The second-order valence-electron chi connectivity index (χ2n) is 5.35. The lowest BCUT2D eigenvalue weighted by Crippen LogP contribution is -2.23. The zero-order valence-electron chi connectivity index (χ0n) is 13.8. The molecule has 1 amide bonds. The smallest absolute Gasteiger partial charge is 0.255 e. The Kier molecular flexibility index (Phi) is 5.40. The summed E-state index contributed by atoms with van der Waals surface area (Å²) in [7, 11) is -3.53. The maximum absolute atomic E-state index is 12.3. The van der Waals surface area contributed by atoms with E-state index in [1.807, 2.05) is 17.5 Å². The van der Waals surface area contributed by atoms with E-state index >= 15 is 0 Å². The first-order valence-electron chi connectivity index (χ1n) is 7.78. The van der Waals surface area contributed by atoms with E-state index in [0.717, 1.165) is 11.3 Å². The van der Waals surface area contributed by atoms with Crippen LogP contribution in [-0.2, 0) is 10.0 Å². The maximum Gasteiger partial charge on any atom is 0.255 e. The molecule has 7 nitrogen and oxygen atoms in total. The summed E-state index contributed by atoms with van der Waals surface area (Å²) in [5.74, 6) is -0.319. The zero-order valence-corrected chi connectivity index (χ0v) is 15.5. The molecular formula is C17H16N4O3S2. The van der Waals surface area contributed by atoms with E-state index in [2.05, 4.69) is 19.6 Å². The molecule has 0 aliphatic rings. The van der Waals surface area contributed by atoms with Gasteiger partial charge in [0.05, 0.1) is 4.90 Å². The number of hydrogen-bond acceptors (Lipinski definition) is 6. The van der Waals surface area contributed by atoms with Gasteiger partial charge >= 0.3 is 0 Å². The van der Waals surface area contributed by atoms with Crippen LogP contribution < -0.4 is 10.0 Å². The number of nitrogens with zero attached hydrogens (tertiary/aromatic N) is 2. The lowest BCUT2D eigenvalue weighted by atomic mass is 10.1. The molecule has 134 valence electrons. The third-order valence-corrected chi connectivity index (χ3v) is 5.63. The second kappa shape index (κ2) is 7.73. The first-order chi connectivity index (χ1) is 12.5. The minimum atomic E-state index is -3.53. The van der Waals surface area contributed by atoms with Gasteiger partial charge in [0.1, 0.15) is 5.69 Å². The fraction of sp³-hybridized carbons (Fsp3) is 0.118. The van der Waals surface area contributed by atoms with Gasteiger partial charge in [-0.05, 0) is 47.9 Å². The van der Waals surface area contributed by atoms with Crippen molar-refractivity contribution in [3.8, 4) is 11.3 Å². The van der Waals surface area contributed by atoms with Crippen LogP contribution >= 0.6 is 11.5 Å². The van der Waals surface area contributed by atoms with Crippen molar-refractivity contribution in [2.45, 2.75) is 11.8 Å². The molecule has 0 atom stereocenters. The molecule has 9 heteroatoms. The van der Waals surface area contributed by atoms with Gasteiger partial charge in [-0.15, -0.1) is 5.10 Å². The third kappa shape index (κ3) is 4.13. The number of aromatic nitrogens is 2.